The van der Waals surface area contributed by atoms with Crippen LogP contribution in [0.1, 0.15) is 10.4 Å². The lowest BCUT2D eigenvalue weighted by Gasteiger charge is -2.11. The number of amides is 1. The number of rotatable bonds is 7. The van der Waals surface area contributed by atoms with Crippen LogP contribution in [-0.4, -0.2) is 33.7 Å². The SMILES string of the molecule is CS(=O)(=O)Nc1cccc(C(=O)NCCOc2cccc3ccccc23)c1. The molecule has 0 aliphatic rings. The number of hydrogen-bond acceptors (Lipinski definition) is 4. The molecule has 0 bridgehead atoms. The fourth-order valence-corrected chi connectivity index (χ4v) is 3.24. The summed E-state index contributed by atoms with van der Waals surface area (Å²) >= 11 is 0. The first-order valence-electron chi connectivity index (χ1n) is 8.39. The normalized spacial score (nSPS) is 11.1. The number of nitrogens with one attached hydrogen (secondary N) is 2. The highest BCUT2D eigenvalue weighted by molar-refractivity contribution is 7.92. The maximum atomic E-state index is 12.2. The van der Waals surface area contributed by atoms with Crippen LogP contribution in [0.25, 0.3) is 10.8 Å². The first-order chi connectivity index (χ1) is 12.9. The van der Waals surface area contributed by atoms with Crippen molar-refractivity contribution in [1.29, 1.82) is 0 Å². The van der Waals surface area contributed by atoms with Gasteiger partial charge in [-0.2, -0.15) is 0 Å². The van der Waals surface area contributed by atoms with Crippen LogP contribution in [0.2, 0.25) is 0 Å². The Morgan fingerprint density at radius 1 is 1.00 bits per heavy atom. The molecule has 0 aliphatic heterocycles. The van der Waals surface area contributed by atoms with E-state index in [1.165, 1.54) is 6.07 Å². The molecule has 3 rings (SSSR count). The molecule has 140 valence electrons. The average Bonchev–Trinajstić information content (AvgIpc) is 2.64. The zero-order chi connectivity index (χ0) is 19.3. The minimum atomic E-state index is -3.39. The number of sulfonamides is 1. The number of carbonyl (C=O) groups excluding carboxylic acids is 1. The van der Waals surface area contributed by atoms with Crippen LogP contribution in [0, 0.1) is 0 Å². The molecule has 0 heterocycles. The van der Waals surface area contributed by atoms with Crippen molar-refractivity contribution in [1.82, 2.24) is 5.32 Å². The van der Waals surface area contributed by atoms with Crippen LogP contribution in [0.5, 0.6) is 5.75 Å². The molecule has 0 atom stereocenters. The van der Waals surface area contributed by atoms with Gasteiger partial charge in [-0.1, -0.05) is 42.5 Å². The Morgan fingerprint density at radius 2 is 1.74 bits per heavy atom. The average molecular weight is 384 g/mol. The van der Waals surface area contributed by atoms with E-state index in [4.69, 9.17) is 4.74 Å². The van der Waals surface area contributed by atoms with Gasteiger partial charge in [0.05, 0.1) is 12.8 Å². The molecule has 0 saturated carbocycles. The number of carbonyl (C=O) groups is 1. The molecule has 0 aliphatic carbocycles. The molecular weight excluding hydrogens is 364 g/mol. The summed E-state index contributed by atoms with van der Waals surface area (Å²) in [6.45, 7) is 0.646. The van der Waals surface area contributed by atoms with E-state index < -0.39 is 10.0 Å². The predicted octanol–water partition coefficient (Wildman–Crippen LogP) is 3.02. The highest BCUT2D eigenvalue weighted by atomic mass is 32.2. The van der Waals surface area contributed by atoms with E-state index in [9.17, 15) is 13.2 Å². The lowest BCUT2D eigenvalue weighted by atomic mass is 10.1. The van der Waals surface area contributed by atoms with E-state index in [-0.39, 0.29) is 5.91 Å². The monoisotopic (exact) mass is 384 g/mol. The van der Waals surface area contributed by atoms with E-state index in [1.807, 2.05) is 42.5 Å². The third-order valence-electron chi connectivity index (χ3n) is 3.82. The molecular formula is C20H20N2O4S. The molecule has 1 amide bonds. The summed E-state index contributed by atoms with van der Waals surface area (Å²) in [4.78, 5) is 12.2. The lowest BCUT2D eigenvalue weighted by molar-refractivity contribution is 0.0947. The van der Waals surface area contributed by atoms with Crippen LogP contribution < -0.4 is 14.8 Å². The second-order valence-electron chi connectivity index (χ2n) is 6.04. The van der Waals surface area contributed by atoms with E-state index in [0.29, 0.717) is 24.4 Å². The summed E-state index contributed by atoms with van der Waals surface area (Å²) in [5.74, 6) is 0.468. The Morgan fingerprint density at radius 3 is 2.56 bits per heavy atom. The van der Waals surface area contributed by atoms with Gasteiger partial charge in [-0.05, 0) is 29.7 Å². The van der Waals surface area contributed by atoms with Gasteiger partial charge in [0.25, 0.3) is 5.91 Å². The Bertz CT molecular complexity index is 1060. The van der Waals surface area contributed by atoms with Gasteiger partial charge in [0.2, 0.25) is 10.0 Å². The lowest BCUT2D eigenvalue weighted by Crippen LogP contribution is -2.28. The van der Waals surface area contributed by atoms with Crippen LogP contribution in [0.3, 0.4) is 0 Å². The fourth-order valence-electron chi connectivity index (χ4n) is 2.69. The van der Waals surface area contributed by atoms with Crippen LogP contribution in [0.4, 0.5) is 5.69 Å². The topological polar surface area (TPSA) is 84.5 Å². The summed E-state index contributed by atoms with van der Waals surface area (Å²) in [6, 6.07) is 20.1. The molecule has 3 aromatic carbocycles. The Balaban J connectivity index is 1.56. The predicted molar refractivity (Wildman–Crippen MR) is 107 cm³/mol. The van der Waals surface area contributed by atoms with Crippen molar-refractivity contribution in [2.75, 3.05) is 24.1 Å². The van der Waals surface area contributed by atoms with Crippen molar-refractivity contribution in [2.24, 2.45) is 0 Å². The van der Waals surface area contributed by atoms with Gasteiger partial charge in [0.15, 0.2) is 0 Å². The second-order valence-corrected chi connectivity index (χ2v) is 7.79. The van der Waals surface area contributed by atoms with E-state index >= 15 is 0 Å². The quantitative estimate of drug-likeness (QED) is 0.613. The van der Waals surface area contributed by atoms with Gasteiger partial charge in [0.1, 0.15) is 12.4 Å². The summed E-state index contributed by atoms with van der Waals surface area (Å²) in [6.07, 6.45) is 1.06. The zero-order valence-corrected chi connectivity index (χ0v) is 15.6. The molecule has 6 nitrogen and oxygen atoms in total. The molecule has 2 N–H and O–H groups in total. The molecule has 0 spiro atoms. The molecule has 0 aromatic heterocycles. The Hall–Kier alpha value is -3.06. The summed E-state index contributed by atoms with van der Waals surface area (Å²) in [7, 11) is -3.39. The van der Waals surface area contributed by atoms with Crippen molar-refractivity contribution < 1.29 is 17.9 Å². The van der Waals surface area contributed by atoms with Crippen molar-refractivity contribution in [3.8, 4) is 5.75 Å². The maximum Gasteiger partial charge on any atom is 0.251 e. The standard InChI is InChI=1S/C20H20N2O4S/c1-27(24,25)22-17-9-4-8-16(14-17)20(23)21-12-13-26-19-11-5-7-15-6-2-3-10-18(15)19/h2-11,14,22H,12-13H2,1H3,(H,21,23). The van der Waals surface area contributed by atoms with Crippen molar-refractivity contribution in [3.05, 3.63) is 72.3 Å². The second kappa shape index (κ2) is 8.09. The van der Waals surface area contributed by atoms with E-state index in [0.717, 1.165) is 22.8 Å². The van der Waals surface area contributed by atoms with Crippen molar-refractivity contribution in [3.63, 3.8) is 0 Å². The van der Waals surface area contributed by atoms with E-state index in [2.05, 4.69) is 10.0 Å². The molecule has 0 saturated heterocycles. The van der Waals surface area contributed by atoms with Crippen molar-refractivity contribution in [2.45, 2.75) is 0 Å². The largest absolute Gasteiger partial charge is 0.491 e. The minimum Gasteiger partial charge on any atom is -0.491 e. The number of fused-ring (bicyclic) bond motifs is 1. The van der Waals surface area contributed by atoms with E-state index in [1.54, 1.807) is 18.2 Å². The van der Waals surface area contributed by atoms with Crippen LogP contribution in [0.15, 0.2) is 66.7 Å². The molecule has 0 fully saturated rings. The van der Waals surface area contributed by atoms with Gasteiger partial charge in [-0.25, -0.2) is 8.42 Å². The number of ether oxygens (including phenoxy) is 1. The molecule has 0 radical (unpaired) electrons. The van der Waals surface area contributed by atoms with Crippen LogP contribution in [-0.2, 0) is 10.0 Å². The number of hydrogen-bond donors (Lipinski definition) is 2. The maximum absolute atomic E-state index is 12.2. The Labute approximate surface area is 158 Å². The summed E-state index contributed by atoms with van der Waals surface area (Å²) in [5, 5.41) is 4.88. The molecule has 7 heteroatoms. The summed E-state index contributed by atoms with van der Waals surface area (Å²) < 4.78 is 30.7. The van der Waals surface area contributed by atoms with Gasteiger partial charge in [-0.15, -0.1) is 0 Å². The first kappa shape index (κ1) is 18.7. The summed E-state index contributed by atoms with van der Waals surface area (Å²) in [5.41, 5.74) is 0.714. The highest BCUT2D eigenvalue weighted by Crippen LogP contribution is 2.24. The minimum absolute atomic E-state index is 0.298. The Kier molecular flexibility index (Phi) is 5.61. The van der Waals surface area contributed by atoms with Gasteiger partial charge in [-0.3, -0.25) is 9.52 Å². The van der Waals surface area contributed by atoms with Gasteiger partial charge in [0, 0.05) is 16.6 Å². The third-order valence-corrected chi connectivity index (χ3v) is 4.43. The first-order valence-corrected chi connectivity index (χ1v) is 10.3. The van der Waals surface area contributed by atoms with Gasteiger partial charge < -0.3 is 10.1 Å². The number of anilines is 1. The number of benzene rings is 3. The van der Waals surface area contributed by atoms with Crippen LogP contribution >= 0.6 is 0 Å². The third kappa shape index (κ3) is 5.21. The molecule has 27 heavy (non-hydrogen) atoms. The smallest absolute Gasteiger partial charge is 0.251 e. The zero-order valence-electron chi connectivity index (χ0n) is 14.8. The molecule has 0 unspecified atom stereocenters. The van der Waals surface area contributed by atoms with Gasteiger partial charge >= 0.3 is 0 Å². The highest BCUT2D eigenvalue weighted by Gasteiger charge is 2.08. The molecule has 3 aromatic rings. The fraction of sp³-hybridized carbons (Fsp3) is 0.150. The van der Waals surface area contributed by atoms with Crippen molar-refractivity contribution >= 4 is 32.4 Å².